The van der Waals surface area contributed by atoms with Crippen LogP contribution in [-0.4, -0.2) is 34.4 Å². The number of rotatable bonds is 5. The average Bonchev–Trinajstić information content (AvgIpc) is 2.27. The third-order valence-corrected chi connectivity index (χ3v) is 2.33. The predicted octanol–water partition coefficient (Wildman–Crippen LogP) is 0.548. The van der Waals surface area contributed by atoms with Gasteiger partial charge in [0.1, 0.15) is 0 Å². The molecule has 0 fully saturated rings. The van der Waals surface area contributed by atoms with Crippen molar-refractivity contribution in [2.75, 3.05) is 6.54 Å². The van der Waals surface area contributed by atoms with Crippen LogP contribution in [-0.2, 0) is 0 Å². The number of Topliss-reactive ketones (excluding diaryl/α,β-unsaturated/α-hetero) is 1. The summed E-state index contributed by atoms with van der Waals surface area (Å²) in [6, 6.07) is 8.91. The minimum atomic E-state index is -1.46. The second-order valence-electron chi connectivity index (χ2n) is 4.18. The van der Waals surface area contributed by atoms with Gasteiger partial charge in [-0.25, -0.2) is 0 Å². The van der Waals surface area contributed by atoms with E-state index in [4.69, 9.17) is 10.2 Å². The first-order chi connectivity index (χ1) is 7.43. The summed E-state index contributed by atoms with van der Waals surface area (Å²) < 4.78 is 0. The standard InChI is InChI=1S/C12H17NO3/c1-12(2,13-8-10(14)15)11(16)9-6-4-3-5-7-9/h3-7,10,13-15H,8H2,1-2H3. The Balaban J connectivity index is 2.72. The largest absolute Gasteiger partial charge is 0.367 e. The molecule has 1 rings (SSSR count). The number of nitrogens with one attached hydrogen (secondary N) is 1. The molecule has 1 aromatic rings. The van der Waals surface area contributed by atoms with E-state index in [-0.39, 0.29) is 12.3 Å². The van der Waals surface area contributed by atoms with Crippen LogP contribution in [0, 0.1) is 0 Å². The summed E-state index contributed by atoms with van der Waals surface area (Å²) in [4.78, 5) is 12.1. The number of ketones is 1. The molecule has 0 aromatic heterocycles. The van der Waals surface area contributed by atoms with E-state index in [1.807, 2.05) is 6.07 Å². The fourth-order valence-corrected chi connectivity index (χ4v) is 1.38. The van der Waals surface area contributed by atoms with E-state index in [1.54, 1.807) is 38.1 Å². The van der Waals surface area contributed by atoms with Crippen molar-refractivity contribution in [1.29, 1.82) is 0 Å². The summed E-state index contributed by atoms with van der Waals surface area (Å²) >= 11 is 0. The van der Waals surface area contributed by atoms with E-state index in [0.717, 1.165) is 0 Å². The summed E-state index contributed by atoms with van der Waals surface area (Å²) in [5, 5.41) is 20.3. The number of carbonyl (C=O) groups is 1. The van der Waals surface area contributed by atoms with Gasteiger partial charge in [-0.1, -0.05) is 30.3 Å². The smallest absolute Gasteiger partial charge is 0.182 e. The molecule has 16 heavy (non-hydrogen) atoms. The highest BCUT2D eigenvalue weighted by Gasteiger charge is 2.28. The fourth-order valence-electron chi connectivity index (χ4n) is 1.38. The first-order valence-corrected chi connectivity index (χ1v) is 5.14. The van der Waals surface area contributed by atoms with E-state index >= 15 is 0 Å². The summed E-state index contributed by atoms with van der Waals surface area (Å²) in [6.45, 7) is 3.39. The van der Waals surface area contributed by atoms with Crippen LogP contribution in [0.5, 0.6) is 0 Å². The third kappa shape index (κ3) is 3.41. The zero-order valence-corrected chi connectivity index (χ0v) is 9.47. The number of aliphatic hydroxyl groups is 2. The van der Waals surface area contributed by atoms with Gasteiger partial charge in [0.15, 0.2) is 12.1 Å². The van der Waals surface area contributed by atoms with Crippen molar-refractivity contribution >= 4 is 5.78 Å². The molecule has 0 amide bonds. The van der Waals surface area contributed by atoms with Gasteiger partial charge in [-0.2, -0.15) is 0 Å². The Hall–Kier alpha value is -1.23. The molecule has 0 aliphatic rings. The number of carbonyl (C=O) groups excluding carboxylic acids is 1. The maximum atomic E-state index is 12.1. The van der Waals surface area contributed by atoms with Gasteiger partial charge >= 0.3 is 0 Å². The van der Waals surface area contributed by atoms with Gasteiger partial charge in [-0.3, -0.25) is 4.79 Å². The number of benzene rings is 1. The highest BCUT2D eigenvalue weighted by Crippen LogP contribution is 2.12. The van der Waals surface area contributed by atoms with E-state index in [2.05, 4.69) is 5.32 Å². The molecular formula is C12H17NO3. The van der Waals surface area contributed by atoms with E-state index in [0.29, 0.717) is 5.56 Å². The molecule has 0 aliphatic carbocycles. The van der Waals surface area contributed by atoms with Crippen LogP contribution >= 0.6 is 0 Å². The number of β-amino-alcohol motifs (C(OH)–C–C–N with tert-alkyl or cyclic N) is 2. The van der Waals surface area contributed by atoms with Crippen LogP contribution in [0.25, 0.3) is 0 Å². The summed E-state index contributed by atoms with van der Waals surface area (Å²) in [5.74, 6) is -0.0752. The van der Waals surface area contributed by atoms with E-state index < -0.39 is 11.8 Å². The topological polar surface area (TPSA) is 69.6 Å². The minimum Gasteiger partial charge on any atom is -0.367 e. The third-order valence-electron chi connectivity index (χ3n) is 2.33. The van der Waals surface area contributed by atoms with Crippen molar-refractivity contribution in [3.63, 3.8) is 0 Å². The quantitative estimate of drug-likeness (QED) is 0.503. The second-order valence-corrected chi connectivity index (χ2v) is 4.18. The van der Waals surface area contributed by atoms with Crippen LogP contribution in [0.4, 0.5) is 0 Å². The zero-order chi connectivity index (χ0) is 12.2. The maximum Gasteiger partial charge on any atom is 0.182 e. The van der Waals surface area contributed by atoms with E-state index in [1.165, 1.54) is 0 Å². The fraction of sp³-hybridized carbons (Fsp3) is 0.417. The maximum absolute atomic E-state index is 12.1. The van der Waals surface area contributed by atoms with Gasteiger partial charge in [-0.05, 0) is 13.8 Å². The molecular weight excluding hydrogens is 206 g/mol. The molecule has 88 valence electrons. The van der Waals surface area contributed by atoms with Gasteiger partial charge in [-0.15, -0.1) is 0 Å². The van der Waals surface area contributed by atoms with Gasteiger partial charge in [0, 0.05) is 12.1 Å². The van der Waals surface area contributed by atoms with Crippen molar-refractivity contribution < 1.29 is 15.0 Å². The molecule has 0 saturated heterocycles. The molecule has 0 spiro atoms. The number of aliphatic hydroxyl groups excluding tert-OH is 1. The Labute approximate surface area is 94.9 Å². The van der Waals surface area contributed by atoms with Crippen LogP contribution < -0.4 is 5.32 Å². The Morgan fingerprint density at radius 1 is 1.31 bits per heavy atom. The molecule has 0 atom stereocenters. The Morgan fingerprint density at radius 3 is 2.38 bits per heavy atom. The van der Waals surface area contributed by atoms with Gasteiger partial charge in [0.05, 0.1) is 5.54 Å². The molecule has 0 radical (unpaired) electrons. The van der Waals surface area contributed by atoms with Crippen LogP contribution in [0.15, 0.2) is 30.3 Å². The average molecular weight is 223 g/mol. The molecule has 0 unspecified atom stereocenters. The van der Waals surface area contributed by atoms with Crippen molar-refractivity contribution in [3.05, 3.63) is 35.9 Å². The Bertz CT molecular complexity index is 347. The Morgan fingerprint density at radius 2 is 1.88 bits per heavy atom. The van der Waals surface area contributed by atoms with Gasteiger partial charge in [0.2, 0.25) is 0 Å². The number of hydrogen-bond acceptors (Lipinski definition) is 4. The van der Waals surface area contributed by atoms with Crippen molar-refractivity contribution in [1.82, 2.24) is 5.32 Å². The monoisotopic (exact) mass is 223 g/mol. The summed E-state index contributed by atoms with van der Waals surface area (Å²) in [5.41, 5.74) is -0.210. The lowest BCUT2D eigenvalue weighted by Gasteiger charge is -2.25. The predicted molar refractivity (Wildman–Crippen MR) is 61.1 cm³/mol. The first kappa shape index (κ1) is 12.8. The lowest BCUT2D eigenvalue weighted by molar-refractivity contribution is -0.0403. The van der Waals surface area contributed by atoms with Crippen LogP contribution in [0.3, 0.4) is 0 Å². The SMILES string of the molecule is CC(C)(NCC(O)O)C(=O)c1ccccc1. The minimum absolute atomic E-state index is 0.0361. The molecule has 3 N–H and O–H groups in total. The normalized spacial score (nSPS) is 11.8. The van der Waals surface area contributed by atoms with Gasteiger partial charge in [0.25, 0.3) is 0 Å². The highest BCUT2D eigenvalue weighted by atomic mass is 16.5. The van der Waals surface area contributed by atoms with Crippen molar-refractivity contribution in [3.8, 4) is 0 Å². The molecule has 4 heteroatoms. The van der Waals surface area contributed by atoms with Gasteiger partial charge < -0.3 is 15.5 Å². The molecule has 4 nitrogen and oxygen atoms in total. The van der Waals surface area contributed by atoms with Crippen LogP contribution in [0.1, 0.15) is 24.2 Å². The lowest BCUT2D eigenvalue weighted by Crippen LogP contribution is -2.49. The zero-order valence-electron chi connectivity index (χ0n) is 9.47. The summed E-state index contributed by atoms with van der Waals surface area (Å²) in [7, 11) is 0. The highest BCUT2D eigenvalue weighted by molar-refractivity contribution is 6.02. The molecule has 0 bridgehead atoms. The second kappa shape index (κ2) is 5.21. The molecule has 1 aromatic carbocycles. The molecule has 0 aliphatic heterocycles. The number of hydrogen-bond donors (Lipinski definition) is 3. The summed E-state index contributed by atoms with van der Waals surface area (Å²) in [6.07, 6.45) is -1.46. The van der Waals surface area contributed by atoms with E-state index in [9.17, 15) is 4.79 Å². The molecule has 0 heterocycles. The van der Waals surface area contributed by atoms with Crippen molar-refractivity contribution in [2.24, 2.45) is 0 Å². The Kier molecular flexibility index (Phi) is 4.18. The molecule has 0 saturated carbocycles. The lowest BCUT2D eigenvalue weighted by atomic mass is 9.93. The first-order valence-electron chi connectivity index (χ1n) is 5.14. The van der Waals surface area contributed by atoms with Crippen LogP contribution in [0.2, 0.25) is 0 Å². The van der Waals surface area contributed by atoms with Crippen molar-refractivity contribution in [2.45, 2.75) is 25.7 Å².